The van der Waals surface area contributed by atoms with E-state index >= 15 is 0 Å². The fourth-order valence-corrected chi connectivity index (χ4v) is 3.84. The molecule has 102 valence electrons. The van der Waals surface area contributed by atoms with Gasteiger partial charge in [0, 0.05) is 6.54 Å². The Morgan fingerprint density at radius 1 is 1.50 bits per heavy atom. The Morgan fingerprint density at radius 3 is 2.72 bits per heavy atom. The maximum absolute atomic E-state index is 6.40. The summed E-state index contributed by atoms with van der Waals surface area (Å²) >= 11 is 5.25. The van der Waals surface area contributed by atoms with Gasteiger partial charge < -0.3 is 4.90 Å². The molecular formula is C15H28BNS. The van der Waals surface area contributed by atoms with Gasteiger partial charge in [-0.15, -0.1) is 0 Å². The molecule has 2 radical (unpaired) electrons. The van der Waals surface area contributed by atoms with Gasteiger partial charge in [0.25, 0.3) is 0 Å². The van der Waals surface area contributed by atoms with Crippen molar-refractivity contribution in [2.45, 2.75) is 51.3 Å². The topological polar surface area (TPSA) is 3.24 Å². The fraction of sp³-hybridized carbons (Fsp3) is 0.933. The van der Waals surface area contributed by atoms with Crippen LogP contribution in [-0.2, 0) is 0 Å². The second-order valence-electron chi connectivity index (χ2n) is 6.91. The first-order chi connectivity index (χ1) is 8.34. The quantitative estimate of drug-likeness (QED) is 0.423. The summed E-state index contributed by atoms with van der Waals surface area (Å²) in [6.07, 6.45) is 5.98. The molecule has 1 aliphatic rings. The minimum Gasteiger partial charge on any atom is -0.309 e. The molecule has 1 fully saturated rings. The molecule has 0 bridgehead atoms. The normalized spacial score (nSPS) is 35.2. The number of thiocarbonyl (C=S) groups is 1. The highest BCUT2D eigenvalue weighted by Gasteiger charge is 2.31. The van der Waals surface area contributed by atoms with Gasteiger partial charge in [0.05, 0.1) is 7.85 Å². The number of rotatable bonds is 5. The van der Waals surface area contributed by atoms with Crippen LogP contribution in [0.15, 0.2) is 0 Å². The third kappa shape index (κ3) is 5.40. The van der Waals surface area contributed by atoms with Crippen LogP contribution in [-0.4, -0.2) is 38.8 Å². The predicted octanol–water partition coefficient (Wildman–Crippen LogP) is 3.73. The Kier molecular flexibility index (Phi) is 6.33. The van der Waals surface area contributed by atoms with E-state index in [9.17, 15) is 0 Å². The molecule has 1 saturated carbocycles. The van der Waals surface area contributed by atoms with Gasteiger partial charge in [-0.25, -0.2) is 0 Å². The van der Waals surface area contributed by atoms with E-state index in [0.717, 1.165) is 25.3 Å². The molecule has 3 heteroatoms. The molecule has 0 aromatic rings. The molecule has 0 amide bonds. The first-order valence-electron chi connectivity index (χ1n) is 7.23. The fourth-order valence-electron chi connectivity index (χ4n) is 3.48. The molecule has 0 saturated heterocycles. The summed E-state index contributed by atoms with van der Waals surface area (Å²) in [5, 5.41) is 2.02. The van der Waals surface area contributed by atoms with Crippen molar-refractivity contribution >= 4 is 25.4 Å². The largest absolute Gasteiger partial charge is 0.309 e. The summed E-state index contributed by atoms with van der Waals surface area (Å²) in [4.78, 5) is 2.27. The summed E-state index contributed by atoms with van der Waals surface area (Å²) in [7, 11) is 10.7. The Hall–Kier alpha value is 0.115. The molecule has 18 heavy (non-hydrogen) atoms. The second-order valence-corrected chi connectivity index (χ2v) is 7.19. The molecular weight excluding hydrogens is 237 g/mol. The van der Waals surface area contributed by atoms with Crippen molar-refractivity contribution in [2.75, 3.05) is 20.6 Å². The average Bonchev–Trinajstić information content (AvgIpc) is 2.34. The van der Waals surface area contributed by atoms with Gasteiger partial charge in [0.2, 0.25) is 0 Å². The van der Waals surface area contributed by atoms with Gasteiger partial charge in [-0.3, -0.25) is 0 Å². The standard InChI is InChI=1S/C15H28BNS/c1-12(10-17(3)4)8-14-9-15(2,16)7-5-6-13(14)11-18/h11-14H,5-10H2,1-4H3. The van der Waals surface area contributed by atoms with Crippen LogP contribution in [0.25, 0.3) is 0 Å². The van der Waals surface area contributed by atoms with Crippen LogP contribution in [0.2, 0.25) is 5.31 Å². The molecule has 4 atom stereocenters. The third-order valence-electron chi connectivity index (χ3n) is 4.18. The van der Waals surface area contributed by atoms with Gasteiger partial charge in [0.1, 0.15) is 0 Å². The van der Waals surface area contributed by atoms with Crippen LogP contribution in [0.1, 0.15) is 46.0 Å². The summed E-state index contributed by atoms with van der Waals surface area (Å²) in [5.41, 5.74) is 0. The van der Waals surface area contributed by atoms with Gasteiger partial charge in [-0.1, -0.05) is 50.6 Å². The van der Waals surface area contributed by atoms with Gasteiger partial charge in [-0.05, 0) is 50.1 Å². The summed E-state index contributed by atoms with van der Waals surface area (Å²) in [6.45, 7) is 5.71. The van der Waals surface area contributed by atoms with Crippen molar-refractivity contribution in [1.82, 2.24) is 4.90 Å². The summed E-state index contributed by atoms with van der Waals surface area (Å²) in [5.74, 6) is 1.99. The zero-order valence-corrected chi connectivity index (χ0v) is 13.3. The van der Waals surface area contributed by atoms with E-state index in [-0.39, 0.29) is 5.31 Å². The average molecular weight is 265 g/mol. The zero-order chi connectivity index (χ0) is 13.8. The van der Waals surface area contributed by atoms with E-state index in [1.807, 2.05) is 5.37 Å². The lowest BCUT2D eigenvalue weighted by molar-refractivity contribution is 0.254. The number of nitrogens with zero attached hydrogens (tertiary/aromatic N) is 1. The van der Waals surface area contributed by atoms with Gasteiger partial charge in [0.15, 0.2) is 0 Å². The van der Waals surface area contributed by atoms with E-state index in [1.54, 1.807) is 0 Å². The van der Waals surface area contributed by atoms with Crippen LogP contribution in [0.3, 0.4) is 0 Å². The van der Waals surface area contributed by atoms with Crippen LogP contribution in [0.4, 0.5) is 0 Å². The van der Waals surface area contributed by atoms with E-state index in [1.165, 1.54) is 19.3 Å². The van der Waals surface area contributed by atoms with Crippen molar-refractivity contribution in [1.29, 1.82) is 0 Å². The van der Waals surface area contributed by atoms with Crippen LogP contribution < -0.4 is 0 Å². The molecule has 0 aromatic heterocycles. The van der Waals surface area contributed by atoms with Gasteiger partial charge in [-0.2, -0.15) is 0 Å². The van der Waals surface area contributed by atoms with E-state index in [0.29, 0.717) is 11.8 Å². The Bertz CT molecular complexity index is 265. The molecule has 0 spiro atoms. The maximum Gasteiger partial charge on any atom is 0.0742 e. The highest BCUT2D eigenvalue weighted by molar-refractivity contribution is 7.79. The van der Waals surface area contributed by atoms with Crippen molar-refractivity contribution in [3.05, 3.63) is 0 Å². The molecule has 1 aliphatic carbocycles. The first-order valence-corrected chi connectivity index (χ1v) is 7.70. The SMILES string of the molecule is [B]C1(C)CCCC(C=S)C(CC(C)CN(C)C)C1. The second kappa shape index (κ2) is 7.05. The Balaban J connectivity index is 2.64. The smallest absolute Gasteiger partial charge is 0.0742 e. The zero-order valence-electron chi connectivity index (χ0n) is 12.5. The Morgan fingerprint density at radius 2 is 2.17 bits per heavy atom. The molecule has 4 unspecified atom stereocenters. The van der Waals surface area contributed by atoms with Crippen molar-refractivity contribution in [3.63, 3.8) is 0 Å². The molecule has 0 heterocycles. The first kappa shape index (κ1) is 16.2. The molecule has 1 nitrogen and oxygen atoms in total. The highest BCUT2D eigenvalue weighted by Crippen LogP contribution is 2.44. The molecule has 0 aromatic carbocycles. The predicted molar refractivity (Wildman–Crippen MR) is 85.6 cm³/mol. The van der Waals surface area contributed by atoms with E-state index in [2.05, 4.69) is 32.8 Å². The van der Waals surface area contributed by atoms with Gasteiger partial charge >= 0.3 is 0 Å². The van der Waals surface area contributed by atoms with Crippen molar-refractivity contribution in [2.24, 2.45) is 17.8 Å². The minimum atomic E-state index is 0.00952. The van der Waals surface area contributed by atoms with Crippen LogP contribution >= 0.6 is 12.2 Å². The van der Waals surface area contributed by atoms with Crippen molar-refractivity contribution in [3.8, 4) is 0 Å². The van der Waals surface area contributed by atoms with Crippen LogP contribution in [0, 0.1) is 17.8 Å². The van der Waals surface area contributed by atoms with Crippen LogP contribution in [0.5, 0.6) is 0 Å². The lowest BCUT2D eigenvalue weighted by Gasteiger charge is -2.31. The highest BCUT2D eigenvalue weighted by atomic mass is 32.1. The number of hydrogen-bond donors (Lipinski definition) is 0. The lowest BCUT2D eigenvalue weighted by atomic mass is 9.62. The number of hydrogen-bond acceptors (Lipinski definition) is 2. The van der Waals surface area contributed by atoms with E-state index < -0.39 is 0 Å². The van der Waals surface area contributed by atoms with Crippen molar-refractivity contribution < 1.29 is 0 Å². The summed E-state index contributed by atoms with van der Waals surface area (Å²) in [6, 6.07) is 0. The molecule has 0 aliphatic heterocycles. The summed E-state index contributed by atoms with van der Waals surface area (Å²) < 4.78 is 0. The third-order valence-corrected chi connectivity index (χ3v) is 4.53. The molecule has 0 N–H and O–H groups in total. The maximum atomic E-state index is 6.40. The monoisotopic (exact) mass is 265 g/mol. The van der Waals surface area contributed by atoms with E-state index in [4.69, 9.17) is 20.1 Å². The Labute approximate surface area is 120 Å². The minimum absolute atomic E-state index is 0.00952. The molecule has 1 rings (SSSR count). The lowest BCUT2D eigenvalue weighted by Crippen LogP contribution is -2.26.